The second-order valence-corrected chi connectivity index (χ2v) is 8.77. The van der Waals surface area contributed by atoms with Gasteiger partial charge in [-0.3, -0.25) is 24.0 Å². The Morgan fingerprint density at radius 2 is 1.46 bits per heavy atom. The molecule has 0 radical (unpaired) electrons. The minimum absolute atomic E-state index is 0.0486. The van der Waals surface area contributed by atoms with Gasteiger partial charge in [0.1, 0.15) is 18.1 Å². The van der Waals surface area contributed by atoms with Crippen LogP contribution in [0, 0.1) is 0 Å². The summed E-state index contributed by atoms with van der Waals surface area (Å²) in [6, 6.07) is 3.13. The third-order valence-electron chi connectivity index (χ3n) is 5.58. The Morgan fingerprint density at radius 3 is 2.03 bits per heavy atom. The van der Waals surface area contributed by atoms with Crippen molar-refractivity contribution in [2.45, 2.75) is 56.3 Å². The molecule has 1 aromatic carbocycles. The van der Waals surface area contributed by atoms with E-state index in [2.05, 4.69) is 25.9 Å². The Balaban J connectivity index is 2.14. The molecule has 0 aliphatic rings. The first-order chi connectivity index (χ1) is 18.5. The van der Waals surface area contributed by atoms with Gasteiger partial charge in [-0.2, -0.15) is 0 Å². The third-order valence-corrected chi connectivity index (χ3v) is 5.58. The number of primary amides is 2. The lowest BCUT2D eigenvalue weighted by atomic mass is 10.0. The number of carbonyl (C=O) groups is 6. The van der Waals surface area contributed by atoms with Crippen molar-refractivity contribution in [2.24, 2.45) is 17.2 Å². The Kier molecular flexibility index (Phi) is 11.6. The molecule has 210 valence electrons. The van der Waals surface area contributed by atoms with Gasteiger partial charge in [0.2, 0.25) is 29.5 Å². The van der Waals surface area contributed by atoms with Crippen molar-refractivity contribution in [3.63, 3.8) is 0 Å². The van der Waals surface area contributed by atoms with E-state index in [0.29, 0.717) is 11.3 Å². The zero-order valence-electron chi connectivity index (χ0n) is 21.0. The number of aromatic nitrogens is 2. The number of nitrogens with zero attached hydrogens (tertiary/aromatic N) is 1. The molecule has 5 amide bonds. The van der Waals surface area contributed by atoms with E-state index in [0.717, 1.165) is 0 Å². The number of aliphatic carboxylic acids is 1. The van der Waals surface area contributed by atoms with E-state index >= 15 is 0 Å². The molecule has 2 aromatic rings. The number of hydrogen-bond donors (Lipinski definition) is 8. The molecule has 0 fully saturated rings. The molecule has 39 heavy (non-hydrogen) atoms. The molecule has 11 N–H and O–H groups in total. The van der Waals surface area contributed by atoms with E-state index in [1.54, 1.807) is 30.3 Å². The fourth-order valence-corrected chi connectivity index (χ4v) is 3.57. The van der Waals surface area contributed by atoms with Crippen LogP contribution in [0.15, 0.2) is 42.9 Å². The minimum Gasteiger partial charge on any atom is -0.480 e. The molecular formula is C24H32N8O7. The number of nitrogens with one attached hydrogen (secondary N) is 4. The topological polar surface area (TPSA) is 265 Å². The molecular weight excluding hydrogens is 512 g/mol. The lowest BCUT2D eigenvalue weighted by molar-refractivity contribution is -0.142. The summed E-state index contributed by atoms with van der Waals surface area (Å²) in [6.45, 7) is 0. The maximum Gasteiger partial charge on any atom is 0.326 e. The highest BCUT2D eigenvalue weighted by Gasteiger charge is 2.31. The van der Waals surface area contributed by atoms with E-state index in [1.165, 1.54) is 12.5 Å². The van der Waals surface area contributed by atoms with Gasteiger partial charge in [0.05, 0.1) is 18.8 Å². The van der Waals surface area contributed by atoms with Crippen LogP contribution in [-0.4, -0.2) is 74.7 Å². The van der Waals surface area contributed by atoms with Crippen LogP contribution in [0.25, 0.3) is 0 Å². The van der Waals surface area contributed by atoms with Crippen molar-refractivity contribution >= 4 is 35.5 Å². The lowest BCUT2D eigenvalue weighted by Gasteiger charge is -2.24. The van der Waals surface area contributed by atoms with Gasteiger partial charge in [-0.1, -0.05) is 30.3 Å². The highest BCUT2D eigenvalue weighted by molar-refractivity contribution is 5.96. The summed E-state index contributed by atoms with van der Waals surface area (Å²) in [7, 11) is 0. The van der Waals surface area contributed by atoms with Crippen LogP contribution in [0.3, 0.4) is 0 Å². The molecule has 2 rings (SSSR count). The molecule has 15 nitrogen and oxygen atoms in total. The highest BCUT2D eigenvalue weighted by Crippen LogP contribution is 2.07. The maximum atomic E-state index is 13.0. The largest absolute Gasteiger partial charge is 0.480 e. The van der Waals surface area contributed by atoms with Crippen LogP contribution in [0.1, 0.15) is 30.5 Å². The standard InChI is InChI=1S/C24H32N8O7/c25-15(9-14-11-28-12-29-14)21(35)31-17(10-20(27)34)23(37)30-16(6-7-19(26)33)22(36)32-18(24(38)39)8-13-4-2-1-3-5-13/h1-5,11-12,15-18H,6-10,25H2,(H2,26,33)(H2,27,34)(H,28,29)(H,30,37)(H,31,35)(H,32,36)(H,38,39). The normalized spacial score (nSPS) is 13.8. The smallest absolute Gasteiger partial charge is 0.326 e. The average molecular weight is 545 g/mol. The molecule has 15 heteroatoms. The van der Waals surface area contributed by atoms with Crippen molar-refractivity contribution < 1.29 is 33.9 Å². The SMILES string of the molecule is NC(=O)CCC(NC(=O)C(CC(N)=O)NC(=O)C(N)Cc1cnc[nH]1)C(=O)NC(Cc1ccccc1)C(=O)O. The number of amides is 5. The zero-order valence-corrected chi connectivity index (χ0v) is 21.0. The van der Waals surface area contributed by atoms with E-state index in [1.807, 2.05) is 0 Å². The van der Waals surface area contributed by atoms with Crippen LogP contribution < -0.4 is 33.2 Å². The fraction of sp³-hybridized carbons (Fsp3) is 0.375. The van der Waals surface area contributed by atoms with Crippen molar-refractivity contribution in [1.29, 1.82) is 0 Å². The first kappa shape index (κ1) is 30.4. The molecule has 0 aliphatic carbocycles. The van der Waals surface area contributed by atoms with Crippen molar-refractivity contribution in [1.82, 2.24) is 25.9 Å². The monoisotopic (exact) mass is 544 g/mol. The van der Waals surface area contributed by atoms with Crippen LogP contribution in [0.2, 0.25) is 0 Å². The van der Waals surface area contributed by atoms with Gasteiger partial charge in [0.25, 0.3) is 0 Å². The number of hydrogen-bond acceptors (Lipinski definition) is 8. The van der Waals surface area contributed by atoms with E-state index in [-0.39, 0.29) is 25.7 Å². The number of H-pyrrole nitrogens is 1. The van der Waals surface area contributed by atoms with Gasteiger partial charge >= 0.3 is 5.97 Å². The first-order valence-electron chi connectivity index (χ1n) is 11.9. The number of aromatic amines is 1. The number of nitrogens with two attached hydrogens (primary N) is 3. The second-order valence-electron chi connectivity index (χ2n) is 8.77. The summed E-state index contributed by atoms with van der Waals surface area (Å²) in [6.07, 6.45) is 1.65. The molecule has 0 spiro atoms. The van der Waals surface area contributed by atoms with Gasteiger partial charge in [0.15, 0.2) is 0 Å². The van der Waals surface area contributed by atoms with Crippen LogP contribution >= 0.6 is 0 Å². The number of rotatable bonds is 16. The van der Waals surface area contributed by atoms with Crippen molar-refractivity contribution in [3.8, 4) is 0 Å². The van der Waals surface area contributed by atoms with Crippen LogP contribution in [0.4, 0.5) is 0 Å². The van der Waals surface area contributed by atoms with Gasteiger partial charge in [-0.05, 0) is 12.0 Å². The summed E-state index contributed by atoms with van der Waals surface area (Å²) in [5.41, 5.74) is 17.5. The summed E-state index contributed by atoms with van der Waals surface area (Å²) >= 11 is 0. The molecule has 0 aliphatic heterocycles. The third kappa shape index (κ3) is 10.6. The van der Waals surface area contributed by atoms with E-state index in [4.69, 9.17) is 17.2 Å². The predicted molar refractivity (Wildman–Crippen MR) is 136 cm³/mol. The van der Waals surface area contributed by atoms with E-state index in [9.17, 15) is 33.9 Å². The summed E-state index contributed by atoms with van der Waals surface area (Å²) in [5.74, 6) is -5.68. The molecule has 0 bridgehead atoms. The Labute approximate surface area is 223 Å². The first-order valence-corrected chi connectivity index (χ1v) is 11.9. The Hall–Kier alpha value is -4.79. The highest BCUT2D eigenvalue weighted by atomic mass is 16.4. The van der Waals surface area contributed by atoms with E-state index < -0.39 is 66.1 Å². The molecule has 1 aromatic heterocycles. The number of benzene rings is 1. The molecule has 1 heterocycles. The second kappa shape index (κ2) is 14.8. The van der Waals surface area contributed by atoms with Gasteiger partial charge in [-0.25, -0.2) is 9.78 Å². The Bertz CT molecular complexity index is 1160. The van der Waals surface area contributed by atoms with Gasteiger partial charge in [-0.15, -0.1) is 0 Å². The van der Waals surface area contributed by atoms with Crippen molar-refractivity contribution in [3.05, 3.63) is 54.1 Å². The van der Waals surface area contributed by atoms with Gasteiger partial charge < -0.3 is 43.2 Å². The zero-order chi connectivity index (χ0) is 28.9. The number of carboxylic acids is 1. The molecule has 4 atom stereocenters. The summed E-state index contributed by atoms with van der Waals surface area (Å²) in [5, 5.41) is 16.6. The average Bonchev–Trinajstić information content (AvgIpc) is 3.38. The number of carboxylic acid groups (broad SMARTS) is 1. The molecule has 0 saturated carbocycles. The van der Waals surface area contributed by atoms with Crippen LogP contribution in [-0.2, 0) is 41.6 Å². The lowest BCUT2D eigenvalue weighted by Crippen LogP contribution is -2.58. The number of carbonyl (C=O) groups excluding carboxylic acids is 5. The maximum absolute atomic E-state index is 13.0. The summed E-state index contributed by atoms with van der Waals surface area (Å²) in [4.78, 5) is 79.9. The summed E-state index contributed by atoms with van der Waals surface area (Å²) < 4.78 is 0. The van der Waals surface area contributed by atoms with Crippen LogP contribution in [0.5, 0.6) is 0 Å². The van der Waals surface area contributed by atoms with Gasteiger partial charge in [0, 0.05) is 31.2 Å². The number of imidazole rings is 1. The van der Waals surface area contributed by atoms with Crippen molar-refractivity contribution in [2.75, 3.05) is 0 Å². The predicted octanol–water partition coefficient (Wildman–Crippen LogP) is -2.80. The Morgan fingerprint density at radius 1 is 0.846 bits per heavy atom. The fourth-order valence-electron chi connectivity index (χ4n) is 3.57. The minimum atomic E-state index is -1.51. The molecule has 4 unspecified atom stereocenters. The quantitative estimate of drug-likeness (QED) is 0.108. The molecule has 0 saturated heterocycles.